The van der Waals surface area contributed by atoms with E-state index in [0.717, 1.165) is 16.6 Å². The molecule has 0 saturated heterocycles. The van der Waals surface area contributed by atoms with E-state index in [0.29, 0.717) is 30.9 Å². The molecular formula is C18H22N4O3. The standard InChI is InChI=1S/C18H22N4O3/c1-3-10-21-16-15(17(23)22(18(21)24)13-25-4-2)20(12-19-16)11-14-8-6-5-7-9-14/h5-9,12H,3-4,10-11,13H2,1-2H3. The number of hydrogen-bond donors (Lipinski definition) is 0. The van der Waals surface area contributed by atoms with E-state index in [1.54, 1.807) is 15.5 Å². The first-order valence-electron chi connectivity index (χ1n) is 8.47. The molecule has 7 heteroatoms. The summed E-state index contributed by atoms with van der Waals surface area (Å²) >= 11 is 0. The van der Waals surface area contributed by atoms with Crippen LogP contribution in [0.5, 0.6) is 0 Å². The quantitative estimate of drug-likeness (QED) is 0.656. The van der Waals surface area contributed by atoms with Crippen LogP contribution in [0.2, 0.25) is 0 Å². The summed E-state index contributed by atoms with van der Waals surface area (Å²) in [5, 5.41) is 0. The van der Waals surface area contributed by atoms with Crippen LogP contribution in [-0.4, -0.2) is 25.3 Å². The third kappa shape index (κ3) is 3.28. The van der Waals surface area contributed by atoms with Crippen LogP contribution >= 0.6 is 0 Å². The number of rotatable bonds is 7. The molecule has 0 spiro atoms. The van der Waals surface area contributed by atoms with Gasteiger partial charge in [-0.1, -0.05) is 37.3 Å². The van der Waals surface area contributed by atoms with Crippen molar-refractivity contribution in [3.05, 3.63) is 63.1 Å². The zero-order valence-electron chi connectivity index (χ0n) is 14.5. The Balaban J connectivity index is 2.19. The fourth-order valence-corrected chi connectivity index (χ4v) is 2.86. The summed E-state index contributed by atoms with van der Waals surface area (Å²) in [7, 11) is 0. The number of hydrogen-bond acceptors (Lipinski definition) is 4. The van der Waals surface area contributed by atoms with E-state index in [4.69, 9.17) is 4.74 Å². The molecule has 0 amide bonds. The molecule has 0 aliphatic carbocycles. The maximum atomic E-state index is 12.9. The highest BCUT2D eigenvalue weighted by Crippen LogP contribution is 2.10. The molecule has 1 aromatic carbocycles. The van der Waals surface area contributed by atoms with Crippen molar-refractivity contribution in [2.24, 2.45) is 0 Å². The van der Waals surface area contributed by atoms with Gasteiger partial charge in [0.05, 0.1) is 6.33 Å². The lowest BCUT2D eigenvalue weighted by atomic mass is 10.2. The van der Waals surface area contributed by atoms with Gasteiger partial charge < -0.3 is 9.30 Å². The van der Waals surface area contributed by atoms with Gasteiger partial charge in [-0.15, -0.1) is 0 Å². The summed E-state index contributed by atoms with van der Waals surface area (Å²) in [6, 6.07) is 9.84. The number of imidazole rings is 1. The van der Waals surface area contributed by atoms with Crippen LogP contribution in [0.25, 0.3) is 11.2 Å². The Morgan fingerprint density at radius 3 is 2.52 bits per heavy atom. The van der Waals surface area contributed by atoms with Crippen molar-refractivity contribution in [2.45, 2.75) is 40.1 Å². The normalized spacial score (nSPS) is 11.3. The zero-order chi connectivity index (χ0) is 17.8. The largest absolute Gasteiger partial charge is 0.361 e. The summed E-state index contributed by atoms with van der Waals surface area (Å²) in [5.74, 6) is 0. The van der Waals surface area contributed by atoms with Gasteiger partial charge in [-0.2, -0.15) is 0 Å². The number of ether oxygens (including phenoxy) is 1. The second kappa shape index (κ2) is 7.48. The van der Waals surface area contributed by atoms with Crippen molar-refractivity contribution in [1.29, 1.82) is 0 Å². The Labute approximate surface area is 145 Å². The Morgan fingerprint density at radius 1 is 1.08 bits per heavy atom. The van der Waals surface area contributed by atoms with Crippen molar-refractivity contribution in [3.63, 3.8) is 0 Å². The van der Waals surface area contributed by atoms with Crippen molar-refractivity contribution in [3.8, 4) is 0 Å². The molecule has 0 unspecified atom stereocenters. The van der Waals surface area contributed by atoms with Gasteiger partial charge in [0.25, 0.3) is 5.56 Å². The lowest BCUT2D eigenvalue weighted by molar-refractivity contribution is 0.0815. The van der Waals surface area contributed by atoms with Crippen LogP contribution in [0.1, 0.15) is 25.8 Å². The van der Waals surface area contributed by atoms with Crippen molar-refractivity contribution in [1.82, 2.24) is 18.7 Å². The van der Waals surface area contributed by atoms with E-state index in [2.05, 4.69) is 4.98 Å². The Hall–Kier alpha value is -2.67. The van der Waals surface area contributed by atoms with Crippen LogP contribution in [0, 0.1) is 0 Å². The fourth-order valence-electron chi connectivity index (χ4n) is 2.86. The van der Waals surface area contributed by atoms with E-state index < -0.39 is 0 Å². The second-order valence-corrected chi connectivity index (χ2v) is 5.82. The third-order valence-electron chi connectivity index (χ3n) is 4.05. The average Bonchev–Trinajstić information content (AvgIpc) is 3.03. The molecule has 2 aromatic heterocycles. The molecule has 0 N–H and O–H groups in total. The lowest BCUT2D eigenvalue weighted by Gasteiger charge is -2.12. The number of aryl methyl sites for hydroxylation is 1. The summed E-state index contributed by atoms with van der Waals surface area (Å²) in [6.45, 7) is 5.21. The minimum Gasteiger partial charge on any atom is -0.361 e. The lowest BCUT2D eigenvalue weighted by Crippen LogP contribution is -2.41. The predicted octanol–water partition coefficient (Wildman–Crippen LogP) is 1.81. The van der Waals surface area contributed by atoms with E-state index in [9.17, 15) is 9.59 Å². The van der Waals surface area contributed by atoms with Crippen LogP contribution < -0.4 is 11.2 Å². The molecule has 0 aliphatic rings. The Morgan fingerprint density at radius 2 is 1.84 bits per heavy atom. The summed E-state index contributed by atoms with van der Waals surface area (Å²) in [6.07, 6.45) is 2.39. The molecule has 25 heavy (non-hydrogen) atoms. The molecule has 132 valence electrons. The maximum absolute atomic E-state index is 12.9. The molecule has 0 radical (unpaired) electrons. The fraction of sp³-hybridized carbons (Fsp3) is 0.389. The number of nitrogens with zero attached hydrogens (tertiary/aromatic N) is 4. The van der Waals surface area contributed by atoms with Crippen LogP contribution in [-0.2, 0) is 24.6 Å². The van der Waals surface area contributed by atoms with Gasteiger partial charge in [-0.05, 0) is 18.9 Å². The van der Waals surface area contributed by atoms with Gasteiger partial charge in [0.15, 0.2) is 11.2 Å². The first kappa shape index (κ1) is 17.2. The molecule has 0 saturated carbocycles. The molecule has 0 aliphatic heterocycles. The minimum absolute atomic E-state index is 0.0513. The topological polar surface area (TPSA) is 71.1 Å². The SMILES string of the molecule is CCCn1c(=O)n(COCC)c(=O)c2c1ncn2Cc1ccccc1. The maximum Gasteiger partial charge on any atom is 0.334 e. The predicted molar refractivity (Wildman–Crippen MR) is 95.7 cm³/mol. The van der Waals surface area contributed by atoms with Crippen molar-refractivity contribution in [2.75, 3.05) is 6.61 Å². The monoisotopic (exact) mass is 342 g/mol. The average molecular weight is 342 g/mol. The van der Waals surface area contributed by atoms with E-state index >= 15 is 0 Å². The highest BCUT2D eigenvalue weighted by molar-refractivity contribution is 5.70. The van der Waals surface area contributed by atoms with Crippen LogP contribution in [0.4, 0.5) is 0 Å². The van der Waals surface area contributed by atoms with Crippen LogP contribution in [0.15, 0.2) is 46.2 Å². The molecule has 0 fully saturated rings. The molecular weight excluding hydrogens is 320 g/mol. The van der Waals surface area contributed by atoms with Gasteiger partial charge in [-0.3, -0.25) is 9.36 Å². The zero-order valence-corrected chi connectivity index (χ0v) is 14.5. The van der Waals surface area contributed by atoms with Gasteiger partial charge in [-0.25, -0.2) is 14.3 Å². The summed E-state index contributed by atoms with van der Waals surface area (Å²) in [4.78, 5) is 29.9. The summed E-state index contributed by atoms with van der Waals surface area (Å²) < 4.78 is 9.81. The van der Waals surface area contributed by atoms with Gasteiger partial charge in [0.1, 0.15) is 6.73 Å². The van der Waals surface area contributed by atoms with Crippen molar-refractivity contribution < 1.29 is 4.74 Å². The number of benzene rings is 1. The molecule has 2 heterocycles. The number of aromatic nitrogens is 4. The molecule has 7 nitrogen and oxygen atoms in total. The second-order valence-electron chi connectivity index (χ2n) is 5.82. The highest BCUT2D eigenvalue weighted by atomic mass is 16.5. The molecule has 3 rings (SSSR count). The van der Waals surface area contributed by atoms with Crippen LogP contribution in [0.3, 0.4) is 0 Å². The highest BCUT2D eigenvalue weighted by Gasteiger charge is 2.17. The number of fused-ring (bicyclic) bond motifs is 1. The van der Waals surface area contributed by atoms with E-state index in [1.165, 1.54) is 0 Å². The van der Waals surface area contributed by atoms with Gasteiger partial charge in [0, 0.05) is 19.7 Å². The van der Waals surface area contributed by atoms with E-state index in [-0.39, 0.29) is 18.0 Å². The smallest absolute Gasteiger partial charge is 0.334 e. The molecule has 0 bridgehead atoms. The first-order valence-corrected chi connectivity index (χ1v) is 8.47. The van der Waals surface area contributed by atoms with Gasteiger partial charge in [0.2, 0.25) is 0 Å². The Bertz CT molecular complexity index is 970. The Kier molecular flexibility index (Phi) is 5.14. The van der Waals surface area contributed by atoms with E-state index in [1.807, 2.05) is 44.2 Å². The molecule has 0 atom stereocenters. The first-order chi connectivity index (χ1) is 12.2. The summed E-state index contributed by atoms with van der Waals surface area (Å²) in [5.41, 5.74) is 1.18. The van der Waals surface area contributed by atoms with Crippen molar-refractivity contribution >= 4 is 11.2 Å². The van der Waals surface area contributed by atoms with Gasteiger partial charge >= 0.3 is 5.69 Å². The minimum atomic E-state index is -0.377. The molecule has 3 aromatic rings. The third-order valence-corrected chi connectivity index (χ3v) is 4.05.